The van der Waals surface area contributed by atoms with Crippen LogP contribution in [0.25, 0.3) is 0 Å². The fraction of sp³-hybridized carbons (Fsp3) is 0.714. The molecular formula is C14H26N4. The van der Waals surface area contributed by atoms with Crippen LogP contribution in [0.5, 0.6) is 0 Å². The summed E-state index contributed by atoms with van der Waals surface area (Å²) < 4.78 is 0. The molecule has 0 aromatic carbocycles. The molecule has 0 radical (unpaired) electrons. The number of rotatable bonds is 7. The average Bonchev–Trinajstić information content (AvgIpc) is 2.38. The molecule has 0 bridgehead atoms. The van der Waals surface area contributed by atoms with E-state index in [1.165, 1.54) is 0 Å². The van der Waals surface area contributed by atoms with Crippen LogP contribution in [-0.4, -0.2) is 40.0 Å². The fourth-order valence-electron chi connectivity index (χ4n) is 2.60. The van der Waals surface area contributed by atoms with E-state index in [2.05, 4.69) is 54.8 Å². The summed E-state index contributed by atoms with van der Waals surface area (Å²) in [5.41, 5.74) is 1.02. The number of aromatic nitrogens is 2. The first-order valence-corrected chi connectivity index (χ1v) is 6.82. The molecule has 0 aliphatic carbocycles. The maximum Gasteiger partial charge on any atom is 0.0774 e. The zero-order valence-electron chi connectivity index (χ0n) is 12.3. The normalized spacial score (nSPS) is 13.9. The van der Waals surface area contributed by atoms with Gasteiger partial charge in [0.25, 0.3) is 0 Å². The zero-order chi connectivity index (χ0) is 13.6. The minimum absolute atomic E-state index is 0.00947. The Balaban J connectivity index is 3.04. The fourth-order valence-corrected chi connectivity index (χ4v) is 2.60. The largest absolute Gasteiger partial charge is 0.307 e. The molecule has 0 fully saturated rings. The van der Waals surface area contributed by atoms with Gasteiger partial charge in [0.2, 0.25) is 0 Å². The summed E-state index contributed by atoms with van der Waals surface area (Å²) in [4.78, 5) is 11.1. The zero-order valence-corrected chi connectivity index (χ0v) is 12.3. The number of hydrogen-bond donors (Lipinski definition) is 1. The van der Waals surface area contributed by atoms with Crippen LogP contribution in [-0.2, 0) is 0 Å². The predicted molar refractivity (Wildman–Crippen MR) is 75.4 cm³/mol. The summed E-state index contributed by atoms with van der Waals surface area (Å²) in [6.45, 7) is 14.0. The van der Waals surface area contributed by atoms with E-state index < -0.39 is 0 Å². The van der Waals surface area contributed by atoms with Crippen LogP contribution in [0, 0.1) is 0 Å². The third-order valence-electron chi connectivity index (χ3n) is 3.57. The van der Waals surface area contributed by atoms with Crippen molar-refractivity contribution in [2.45, 2.75) is 46.2 Å². The molecule has 0 aliphatic rings. The first kappa shape index (κ1) is 15.1. The molecule has 4 heteroatoms. The van der Waals surface area contributed by atoms with Crippen LogP contribution in [0.15, 0.2) is 18.6 Å². The maximum absolute atomic E-state index is 4.46. The highest BCUT2D eigenvalue weighted by atomic mass is 15.2. The second-order valence-electron chi connectivity index (χ2n) is 4.95. The van der Waals surface area contributed by atoms with E-state index in [1.54, 1.807) is 12.4 Å². The number of nitrogens with one attached hydrogen (secondary N) is 1. The van der Waals surface area contributed by atoms with Gasteiger partial charge in [-0.15, -0.1) is 0 Å². The molecule has 1 atom stereocenters. The Kier molecular flexibility index (Phi) is 5.69. The Morgan fingerprint density at radius 1 is 1.22 bits per heavy atom. The average molecular weight is 250 g/mol. The van der Waals surface area contributed by atoms with E-state index in [0.29, 0.717) is 0 Å². The molecule has 1 heterocycles. The Hall–Kier alpha value is -1.00. The van der Waals surface area contributed by atoms with Crippen molar-refractivity contribution in [3.63, 3.8) is 0 Å². The Morgan fingerprint density at radius 2 is 1.89 bits per heavy atom. The lowest BCUT2D eigenvalue weighted by Crippen LogP contribution is -2.52. The second-order valence-corrected chi connectivity index (χ2v) is 4.95. The number of hydrogen-bond acceptors (Lipinski definition) is 4. The monoisotopic (exact) mass is 250 g/mol. The molecule has 0 saturated carbocycles. The molecule has 102 valence electrons. The highest BCUT2D eigenvalue weighted by Crippen LogP contribution is 2.29. The third kappa shape index (κ3) is 3.27. The van der Waals surface area contributed by atoms with E-state index >= 15 is 0 Å². The van der Waals surface area contributed by atoms with Gasteiger partial charge in [-0.1, -0.05) is 20.8 Å². The summed E-state index contributed by atoms with van der Waals surface area (Å²) in [5.74, 6) is 0. The van der Waals surface area contributed by atoms with Crippen LogP contribution < -0.4 is 5.32 Å². The molecule has 0 saturated heterocycles. The molecular weight excluding hydrogens is 224 g/mol. The van der Waals surface area contributed by atoms with Crippen molar-refractivity contribution in [1.82, 2.24) is 20.2 Å². The van der Waals surface area contributed by atoms with Crippen molar-refractivity contribution in [2.75, 3.05) is 19.6 Å². The molecule has 1 rings (SSSR count). The van der Waals surface area contributed by atoms with Crippen LogP contribution in [0.4, 0.5) is 0 Å². The van der Waals surface area contributed by atoms with Crippen LogP contribution in [0.1, 0.15) is 46.4 Å². The minimum atomic E-state index is 0.00947. The molecule has 18 heavy (non-hydrogen) atoms. The van der Waals surface area contributed by atoms with Crippen LogP contribution in [0.3, 0.4) is 0 Å². The molecule has 4 nitrogen and oxygen atoms in total. The van der Waals surface area contributed by atoms with Crippen molar-refractivity contribution < 1.29 is 0 Å². The molecule has 1 aromatic rings. The Bertz CT molecular complexity index is 333. The van der Waals surface area contributed by atoms with Gasteiger partial charge in [-0.25, -0.2) is 0 Å². The minimum Gasteiger partial charge on any atom is -0.307 e. The van der Waals surface area contributed by atoms with E-state index in [0.717, 1.165) is 25.3 Å². The number of likely N-dealkylation sites (N-methyl/N-ethyl adjacent to an activating group) is 2. The summed E-state index contributed by atoms with van der Waals surface area (Å²) in [5, 5.41) is 3.54. The molecule has 0 amide bonds. The van der Waals surface area contributed by atoms with Crippen molar-refractivity contribution in [3.8, 4) is 0 Å². The smallest absolute Gasteiger partial charge is 0.0774 e. The van der Waals surface area contributed by atoms with E-state index in [1.807, 2.05) is 6.20 Å². The quantitative estimate of drug-likeness (QED) is 0.806. The van der Waals surface area contributed by atoms with Gasteiger partial charge in [0.1, 0.15) is 0 Å². The first-order valence-electron chi connectivity index (χ1n) is 6.82. The topological polar surface area (TPSA) is 41.1 Å². The molecule has 1 N–H and O–H groups in total. The lowest BCUT2D eigenvalue weighted by Gasteiger charge is -2.43. The van der Waals surface area contributed by atoms with Gasteiger partial charge in [0.15, 0.2) is 0 Å². The van der Waals surface area contributed by atoms with Crippen molar-refractivity contribution in [2.24, 2.45) is 0 Å². The summed E-state index contributed by atoms with van der Waals surface area (Å²) in [7, 11) is 0. The van der Waals surface area contributed by atoms with E-state index in [-0.39, 0.29) is 11.6 Å². The van der Waals surface area contributed by atoms with E-state index in [9.17, 15) is 0 Å². The molecule has 1 unspecified atom stereocenters. The van der Waals surface area contributed by atoms with Crippen LogP contribution in [0.2, 0.25) is 0 Å². The van der Waals surface area contributed by atoms with Gasteiger partial charge in [-0.3, -0.25) is 14.9 Å². The second kappa shape index (κ2) is 6.81. The van der Waals surface area contributed by atoms with Crippen molar-refractivity contribution >= 4 is 0 Å². The molecule has 0 aliphatic heterocycles. The van der Waals surface area contributed by atoms with Gasteiger partial charge < -0.3 is 5.32 Å². The van der Waals surface area contributed by atoms with Gasteiger partial charge in [-0.2, -0.15) is 0 Å². The highest BCUT2D eigenvalue weighted by Gasteiger charge is 2.35. The van der Waals surface area contributed by atoms with Crippen molar-refractivity contribution in [1.29, 1.82) is 0 Å². The first-order chi connectivity index (χ1) is 8.57. The summed E-state index contributed by atoms with van der Waals surface area (Å²) in [6, 6.07) is 0.191. The Morgan fingerprint density at radius 3 is 2.33 bits per heavy atom. The SMILES string of the molecule is CCNC(c1cnccn1)C(C)(C)N(CC)CC. The highest BCUT2D eigenvalue weighted by molar-refractivity contribution is 5.10. The van der Waals surface area contributed by atoms with Crippen LogP contribution >= 0.6 is 0 Å². The third-order valence-corrected chi connectivity index (χ3v) is 3.57. The van der Waals surface area contributed by atoms with Crippen molar-refractivity contribution in [3.05, 3.63) is 24.3 Å². The summed E-state index contributed by atoms with van der Waals surface area (Å²) in [6.07, 6.45) is 5.34. The van der Waals surface area contributed by atoms with Gasteiger partial charge in [-0.05, 0) is 33.5 Å². The Labute approximate surface area is 111 Å². The lowest BCUT2D eigenvalue weighted by atomic mass is 9.89. The predicted octanol–water partition coefficient (Wildman–Crippen LogP) is 2.25. The van der Waals surface area contributed by atoms with E-state index in [4.69, 9.17) is 0 Å². The number of nitrogens with zero attached hydrogens (tertiary/aromatic N) is 3. The molecule has 1 aromatic heterocycles. The summed E-state index contributed by atoms with van der Waals surface area (Å²) >= 11 is 0. The lowest BCUT2D eigenvalue weighted by molar-refractivity contribution is 0.0900. The van der Waals surface area contributed by atoms with Gasteiger partial charge in [0.05, 0.1) is 17.9 Å². The van der Waals surface area contributed by atoms with Gasteiger partial charge in [0, 0.05) is 17.9 Å². The molecule has 0 spiro atoms. The standard InChI is InChI=1S/C14H26N4/c1-6-16-13(12-11-15-9-10-17-12)14(4,5)18(7-2)8-3/h9-11,13,16H,6-8H2,1-5H3. The van der Waals surface area contributed by atoms with Gasteiger partial charge >= 0.3 is 0 Å². The maximum atomic E-state index is 4.46.